The average molecular weight is 576 g/mol. The van der Waals surface area contributed by atoms with Crippen molar-refractivity contribution in [3.63, 3.8) is 0 Å². The smallest absolute Gasteiger partial charge is 0.220 e. The third-order valence-electron chi connectivity index (χ3n) is 7.83. The van der Waals surface area contributed by atoms with Crippen LogP contribution in [0.4, 0.5) is 0 Å². The van der Waals surface area contributed by atoms with Crippen LogP contribution in [0.1, 0.15) is 174 Å². The van der Waals surface area contributed by atoms with Crippen LogP contribution in [0.2, 0.25) is 0 Å². The van der Waals surface area contributed by atoms with Crippen LogP contribution in [0.15, 0.2) is 36.5 Å². The maximum absolute atomic E-state index is 12.3. The van der Waals surface area contributed by atoms with Gasteiger partial charge in [-0.05, 0) is 38.5 Å². The molecule has 0 aromatic rings. The van der Waals surface area contributed by atoms with Crippen molar-refractivity contribution >= 4 is 5.91 Å². The molecule has 3 N–H and O–H groups in total. The molecule has 0 bridgehead atoms. The number of hydrogen-bond acceptors (Lipinski definition) is 3. The summed E-state index contributed by atoms with van der Waals surface area (Å²) in [7, 11) is 0. The highest BCUT2D eigenvalue weighted by molar-refractivity contribution is 5.76. The van der Waals surface area contributed by atoms with E-state index in [0.717, 1.165) is 44.9 Å². The van der Waals surface area contributed by atoms with Crippen molar-refractivity contribution < 1.29 is 15.0 Å². The fourth-order valence-corrected chi connectivity index (χ4v) is 5.10. The Balaban J connectivity index is 3.62. The Bertz CT molecular complexity index is 628. The molecule has 0 heterocycles. The lowest BCUT2D eigenvalue weighted by Gasteiger charge is -2.19. The van der Waals surface area contributed by atoms with Gasteiger partial charge in [0.25, 0.3) is 0 Å². The molecule has 0 radical (unpaired) electrons. The Morgan fingerprint density at radius 2 is 0.951 bits per heavy atom. The van der Waals surface area contributed by atoms with E-state index in [0.29, 0.717) is 6.42 Å². The lowest BCUT2D eigenvalue weighted by atomic mass is 10.0. The molecule has 1 amide bonds. The summed E-state index contributed by atoms with van der Waals surface area (Å²) in [4.78, 5) is 12.3. The van der Waals surface area contributed by atoms with Gasteiger partial charge >= 0.3 is 0 Å². The topological polar surface area (TPSA) is 69.6 Å². The van der Waals surface area contributed by atoms with Gasteiger partial charge in [0.15, 0.2) is 0 Å². The molecule has 0 spiro atoms. The molecular weight excluding hydrogens is 506 g/mol. The molecule has 0 rings (SSSR count). The van der Waals surface area contributed by atoms with Gasteiger partial charge in [0.1, 0.15) is 0 Å². The fourth-order valence-electron chi connectivity index (χ4n) is 5.10. The van der Waals surface area contributed by atoms with Gasteiger partial charge in [0.2, 0.25) is 5.91 Å². The SMILES string of the molecule is CCC/C=C/CC/C=C/CC/C=C/C(O)C(CO)NC(=O)CCCCCCCCCCCCCCCCCCCC. The molecule has 0 fully saturated rings. The fraction of sp³-hybridized carbons (Fsp3) is 0.811. The highest BCUT2D eigenvalue weighted by Gasteiger charge is 2.17. The van der Waals surface area contributed by atoms with Gasteiger partial charge in [-0.15, -0.1) is 0 Å². The van der Waals surface area contributed by atoms with Crippen LogP contribution in [0.25, 0.3) is 0 Å². The molecule has 2 atom stereocenters. The van der Waals surface area contributed by atoms with E-state index in [2.05, 4.69) is 43.5 Å². The summed E-state index contributed by atoms with van der Waals surface area (Å²) in [6, 6.07) is -0.639. The zero-order chi connectivity index (χ0) is 30.1. The van der Waals surface area contributed by atoms with Gasteiger partial charge in [-0.1, -0.05) is 166 Å². The highest BCUT2D eigenvalue weighted by atomic mass is 16.3. The van der Waals surface area contributed by atoms with Gasteiger partial charge in [-0.2, -0.15) is 0 Å². The number of carbonyl (C=O) groups is 1. The average Bonchev–Trinajstić information content (AvgIpc) is 2.97. The maximum atomic E-state index is 12.3. The minimum absolute atomic E-state index is 0.0797. The third kappa shape index (κ3) is 29.9. The molecule has 0 saturated heterocycles. The molecule has 0 aliphatic carbocycles. The number of rotatable bonds is 31. The molecule has 0 saturated carbocycles. The molecule has 4 heteroatoms. The number of unbranched alkanes of at least 4 members (excludes halogenated alkanes) is 20. The Morgan fingerprint density at radius 1 is 0.561 bits per heavy atom. The molecule has 4 nitrogen and oxygen atoms in total. The normalized spacial score (nSPS) is 13.6. The van der Waals surface area contributed by atoms with E-state index in [1.165, 1.54) is 109 Å². The van der Waals surface area contributed by atoms with E-state index in [1.807, 2.05) is 6.08 Å². The van der Waals surface area contributed by atoms with Crippen molar-refractivity contribution in [3.8, 4) is 0 Å². The maximum Gasteiger partial charge on any atom is 0.220 e. The van der Waals surface area contributed by atoms with E-state index >= 15 is 0 Å². The first-order valence-corrected chi connectivity index (χ1v) is 17.7. The van der Waals surface area contributed by atoms with Gasteiger partial charge < -0.3 is 15.5 Å². The van der Waals surface area contributed by atoms with Crippen LogP contribution < -0.4 is 5.32 Å². The van der Waals surface area contributed by atoms with Crippen LogP contribution in [-0.4, -0.2) is 34.9 Å². The van der Waals surface area contributed by atoms with E-state index in [-0.39, 0.29) is 12.5 Å². The van der Waals surface area contributed by atoms with Crippen LogP contribution in [0.5, 0.6) is 0 Å². The summed E-state index contributed by atoms with van der Waals surface area (Å²) in [6.07, 6.45) is 42.3. The Hall–Kier alpha value is -1.39. The van der Waals surface area contributed by atoms with Gasteiger partial charge in [0.05, 0.1) is 18.8 Å². The molecule has 41 heavy (non-hydrogen) atoms. The Kier molecular flexibility index (Phi) is 32.0. The van der Waals surface area contributed by atoms with E-state index in [1.54, 1.807) is 6.08 Å². The van der Waals surface area contributed by atoms with Crippen molar-refractivity contribution in [1.82, 2.24) is 5.32 Å². The van der Waals surface area contributed by atoms with Gasteiger partial charge in [-0.3, -0.25) is 4.79 Å². The first-order valence-electron chi connectivity index (χ1n) is 17.7. The summed E-state index contributed by atoms with van der Waals surface area (Å²) < 4.78 is 0. The predicted octanol–water partition coefficient (Wildman–Crippen LogP) is 10.3. The number of nitrogens with one attached hydrogen (secondary N) is 1. The van der Waals surface area contributed by atoms with Crippen LogP contribution in [0.3, 0.4) is 0 Å². The lowest BCUT2D eigenvalue weighted by Crippen LogP contribution is -2.45. The van der Waals surface area contributed by atoms with Crippen molar-refractivity contribution in [2.24, 2.45) is 0 Å². The van der Waals surface area contributed by atoms with E-state index < -0.39 is 12.1 Å². The summed E-state index contributed by atoms with van der Waals surface area (Å²) in [5.74, 6) is -0.0797. The number of aliphatic hydroxyl groups is 2. The zero-order valence-corrected chi connectivity index (χ0v) is 27.3. The summed E-state index contributed by atoms with van der Waals surface area (Å²) >= 11 is 0. The second-order valence-corrected chi connectivity index (χ2v) is 11.9. The molecule has 2 unspecified atom stereocenters. The third-order valence-corrected chi connectivity index (χ3v) is 7.83. The summed E-state index contributed by atoms with van der Waals surface area (Å²) in [5, 5.41) is 22.8. The summed E-state index contributed by atoms with van der Waals surface area (Å²) in [5.41, 5.74) is 0. The largest absolute Gasteiger partial charge is 0.394 e. The number of amides is 1. The number of allylic oxidation sites excluding steroid dienone is 5. The van der Waals surface area contributed by atoms with E-state index in [9.17, 15) is 15.0 Å². The number of aliphatic hydroxyl groups excluding tert-OH is 2. The van der Waals surface area contributed by atoms with Crippen LogP contribution in [0, 0.1) is 0 Å². The first kappa shape index (κ1) is 39.6. The second kappa shape index (κ2) is 33.1. The van der Waals surface area contributed by atoms with Gasteiger partial charge in [-0.25, -0.2) is 0 Å². The monoisotopic (exact) mass is 576 g/mol. The number of carbonyl (C=O) groups excluding carboxylic acids is 1. The lowest BCUT2D eigenvalue weighted by molar-refractivity contribution is -0.123. The standard InChI is InChI=1S/C37H69NO3/c1-3-5-7-9-11-13-15-16-17-18-19-20-21-23-25-27-29-31-33-37(41)38-35(34-39)36(40)32-30-28-26-24-22-14-12-10-8-6-4-2/h8,10,22,24,30,32,35-36,39-40H,3-7,9,11-21,23,25-29,31,33-34H2,1-2H3,(H,38,41)/b10-8+,24-22+,32-30+. The van der Waals surface area contributed by atoms with Crippen LogP contribution in [-0.2, 0) is 4.79 Å². The summed E-state index contributed by atoms with van der Waals surface area (Å²) in [6.45, 7) is 4.21. The highest BCUT2D eigenvalue weighted by Crippen LogP contribution is 2.14. The predicted molar refractivity (Wildman–Crippen MR) is 179 cm³/mol. The quantitative estimate of drug-likeness (QED) is 0.0569. The van der Waals surface area contributed by atoms with Gasteiger partial charge in [0, 0.05) is 6.42 Å². The zero-order valence-electron chi connectivity index (χ0n) is 27.3. The molecule has 0 aromatic carbocycles. The van der Waals surface area contributed by atoms with Crippen LogP contribution >= 0.6 is 0 Å². The van der Waals surface area contributed by atoms with Crippen molar-refractivity contribution in [2.75, 3.05) is 6.61 Å². The molecule has 240 valence electrons. The van der Waals surface area contributed by atoms with Crippen molar-refractivity contribution in [1.29, 1.82) is 0 Å². The first-order chi connectivity index (χ1) is 20.2. The molecule has 0 aromatic heterocycles. The Labute approximate surface area is 255 Å². The van der Waals surface area contributed by atoms with Crippen molar-refractivity contribution in [2.45, 2.75) is 187 Å². The molecule has 0 aliphatic rings. The number of hydrogen-bond donors (Lipinski definition) is 3. The Morgan fingerprint density at radius 3 is 1.37 bits per heavy atom. The minimum Gasteiger partial charge on any atom is -0.394 e. The molecular formula is C37H69NO3. The van der Waals surface area contributed by atoms with E-state index in [4.69, 9.17) is 0 Å². The minimum atomic E-state index is -0.864. The molecule has 0 aliphatic heterocycles. The van der Waals surface area contributed by atoms with Crippen molar-refractivity contribution in [3.05, 3.63) is 36.5 Å². The second-order valence-electron chi connectivity index (χ2n) is 11.9.